The van der Waals surface area contributed by atoms with Crippen LogP contribution in [0.15, 0.2) is 36.8 Å². The summed E-state index contributed by atoms with van der Waals surface area (Å²) in [5.41, 5.74) is 5.03. The highest BCUT2D eigenvalue weighted by atomic mass is 35.5. The highest BCUT2D eigenvalue weighted by Gasteiger charge is 2.57. The van der Waals surface area contributed by atoms with Crippen molar-refractivity contribution in [3.05, 3.63) is 42.4 Å². The number of pyridine rings is 1. The smallest absolute Gasteiger partial charge is 0.243 e. The SMILES string of the molecule is Cl.NC(=O)C1(C(=O)Cl)C=CN2C(c3cccnc3)SCC21. The van der Waals surface area contributed by atoms with E-state index in [2.05, 4.69) is 4.98 Å². The third kappa shape index (κ3) is 2.31. The molecule has 0 spiro atoms. The van der Waals surface area contributed by atoms with E-state index in [0.29, 0.717) is 5.75 Å². The molecule has 0 radical (unpaired) electrons. The number of aromatic nitrogens is 1. The molecular formula is C13H13Cl2N3O2S. The quantitative estimate of drug-likeness (QED) is 0.666. The molecule has 3 heterocycles. The number of hydrogen-bond acceptors (Lipinski definition) is 5. The zero-order chi connectivity index (χ0) is 14.3. The second-order valence-electron chi connectivity index (χ2n) is 4.76. The zero-order valence-corrected chi connectivity index (χ0v) is 13.2. The normalized spacial score (nSPS) is 29.9. The predicted octanol–water partition coefficient (Wildman–Crippen LogP) is 1.68. The van der Waals surface area contributed by atoms with Crippen molar-refractivity contribution in [2.45, 2.75) is 11.4 Å². The summed E-state index contributed by atoms with van der Waals surface area (Å²) >= 11 is 7.30. The number of primary amides is 1. The van der Waals surface area contributed by atoms with E-state index in [4.69, 9.17) is 17.3 Å². The van der Waals surface area contributed by atoms with Crippen LogP contribution in [0.2, 0.25) is 0 Å². The lowest BCUT2D eigenvalue weighted by atomic mass is 9.83. The van der Waals surface area contributed by atoms with E-state index < -0.39 is 16.6 Å². The van der Waals surface area contributed by atoms with E-state index in [1.165, 1.54) is 6.08 Å². The van der Waals surface area contributed by atoms with Gasteiger partial charge in [-0.3, -0.25) is 14.6 Å². The second-order valence-corrected chi connectivity index (χ2v) is 6.21. The maximum atomic E-state index is 11.8. The van der Waals surface area contributed by atoms with Gasteiger partial charge in [-0.25, -0.2) is 0 Å². The van der Waals surface area contributed by atoms with Crippen molar-refractivity contribution >= 4 is 46.9 Å². The van der Waals surface area contributed by atoms with Crippen molar-refractivity contribution in [3.8, 4) is 0 Å². The molecule has 1 aromatic heterocycles. The molecule has 21 heavy (non-hydrogen) atoms. The van der Waals surface area contributed by atoms with Crippen LogP contribution >= 0.6 is 35.8 Å². The number of thioether (sulfide) groups is 1. The van der Waals surface area contributed by atoms with Crippen molar-refractivity contribution < 1.29 is 9.59 Å². The van der Waals surface area contributed by atoms with Gasteiger partial charge in [0.2, 0.25) is 11.1 Å². The molecule has 0 aromatic carbocycles. The Morgan fingerprint density at radius 2 is 2.29 bits per heavy atom. The second kappa shape index (κ2) is 5.87. The fourth-order valence-corrected chi connectivity index (χ4v) is 4.51. The Labute approximate surface area is 137 Å². The number of fused-ring (bicyclic) bond motifs is 1. The molecule has 0 saturated carbocycles. The number of carbonyl (C=O) groups excluding carboxylic acids is 2. The van der Waals surface area contributed by atoms with Crippen LogP contribution in [0.1, 0.15) is 10.9 Å². The summed E-state index contributed by atoms with van der Waals surface area (Å²) in [5.74, 6) is -0.0952. The van der Waals surface area contributed by atoms with Gasteiger partial charge in [-0.05, 0) is 29.9 Å². The largest absolute Gasteiger partial charge is 0.368 e. The first-order valence-corrected chi connectivity index (χ1v) is 7.48. The van der Waals surface area contributed by atoms with E-state index >= 15 is 0 Å². The average Bonchev–Trinajstić information content (AvgIpc) is 2.98. The minimum Gasteiger partial charge on any atom is -0.368 e. The first-order valence-electron chi connectivity index (χ1n) is 6.05. The van der Waals surface area contributed by atoms with Crippen molar-refractivity contribution in [2.75, 3.05) is 5.75 Å². The van der Waals surface area contributed by atoms with Crippen LogP contribution in [0.5, 0.6) is 0 Å². The van der Waals surface area contributed by atoms with Gasteiger partial charge in [0.1, 0.15) is 5.37 Å². The van der Waals surface area contributed by atoms with Crippen LogP contribution in [0, 0.1) is 5.41 Å². The van der Waals surface area contributed by atoms with Gasteiger partial charge in [-0.2, -0.15) is 0 Å². The number of nitrogens with two attached hydrogens (primary N) is 1. The average molecular weight is 346 g/mol. The van der Waals surface area contributed by atoms with Crippen molar-refractivity contribution in [1.82, 2.24) is 9.88 Å². The lowest BCUT2D eigenvalue weighted by molar-refractivity contribution is -0.134. The summed E-state index contributed by atoms with van der Waals surface area (Å²) in [4.78, 5) is 29.6. The summed E-state index contributed by atoms with van der Waals surface area (Å²) in [6.45, 7) is 0. The first-order chi connectivity index (χ1) is 9.57. The van der Waals surface area contributed by atoms with Gasteiger partial charge in [-0.1, -0.05) is 6.07 Å². The van der Waals surface area contributed by atoms with E-state index in [1.807, 2.05) is 17.0 Å². The molecule has 0 aliphatic carbocycles. The molecule has 5 nitrogen and oxygen atoms in total. The summed E-state index contributed by atoms with van der Waals surface area (Å²) < 4.78 is 0. The molecule has 2 aliphatic rings. The highest BCUT2D eigenvalue weighted by Crippen LogP contribution is 2.51. The van der Waals surface area contributed by atoms with Gasteiger partial charge < -0.3 is 10.6 Å². The fraction of sp³-hybridized carbons (Fsp3) is 0.308. The number of halogens is 2. The topological polar surface area (TPSA) is 76.3 Å². The third-order valence-electron chi connectivity index (χ3n) is 3.78. The first kappa shape index (κ1) is 16.1. The lowest BCUT2D eigenvalue weighted by Crippen LogP contribution is -2.51. The number of hydrogen-bond donors (Lipinski definition) is 1. The number of carbonyl (C=O) groups is 2. The minimum atomic E-state index is -1.43. The van der Waals surface area contributed by atoms with E-state index in [-0.39, 0.29) is 23.8 Å². The molecule has 3 atom stereocenters. The molecule has 3 rings (SSSR count). The van der Waals surface area contributed by atoms with Crippen molar-refractivity contribution in [1.29, 1.82) is 0 Å². The van der Waals surface area contributed by atoms with Crippen LogP contribution in [0.4, 0.5) is 0 Å². The monoisotopic (exact) mass is 345 g/mol. The van der Waals surface area contributed by atoms with Crippen LogP contribution in [0.25, 0.3) is 0 Å². The third-order valence-corrected chi connectivity index (χ3v) is 5.43. The summed E-state index contributed by atoms with van der Waals surface area (Å²) in [5, 5.41) is -0.705. The fourth-order valence-electron chi connectivity index (χ4n) is 2.71. The van der Waals surface area contributed by atoms with Gasteiger partial charge in [0.15, 0.2) is 5.41 Å². The van der Waals surface area contributed by atoms with Gasteiger partial charge in [-0.15, -0.1) is 24.2 Å². The Morgan fingerprint density at radius 1 is 1.52 bits per heavy atom. The van der Waals surface area contributed by atoms with Gasteiger partial charge >= 0.3 is 0 Å². The molecule has 2 aliphatic heterocycles. The van der Waals surface area contributed by atoms with Crippen LogP contribution in [-0.2, 0) is 9.59 Å². The summed E-state index contributed by atoms with van der Waals surface area (Å²) in [6, 6.07) is 3.49. The van der Waals surface area contributed by atoms with Crippen LogP contribution in [-0.4, -0.2) is 32.8 Å². The molecule has 1 saturated heterocycles. The van der Waals surface area contributed by atoms with E-state index in [0.717, 1.165) is 5.56 Å². The molecule has 1 fully saturated rings. The van der Waals surface area contributed by atoms with Crippen LogP contribution < -0.4 is 5.73 Å². The van der Waals surface area contributed by atoms with Gasteiger partial charge in [0, 0.05) is 23.7 Å². The Balaban J connectivity index is 0.00000161. The van der Waals surface area contributed by atoms with E-state index in [1.54, 1.807) is 30.4 Å². The molecule has 0 bridgehead atoms. The molecule has 8 heteroatoms. The van der Waals surface area contributed by atoms with Crippen molar-refractivity contribution in [3.63, 3.8) is 0 Å². The number of nitrogens with zero attached hydrogens (tertiary/aromatic N) is 2. The summed E-state index contributed by atoms with van der Waals surface area (Å²) in [7, 11) is 0. The Kier molecular flexibility index (Phi) is 4.51. The Hall–Kier alpha value is -1.24. The zero-order valence-electron chi connectivity index (χ0n) is 10.8. The molecule has 2 N–H and O–H groups in total. The van der Waals surface area contributed by atoms with Crippen LogP contribution in [0.3, 0.4) is 0 Å². The lowest BCUT2D eigenvalue weighted by Gasteiger charge is -2.30. The van der Waals surface area contributed by atoms with Gasteiger partial charge in [0.05, 0.1) is 6.04 Å². The maximum absolute atomic E-state index is 11.8. The standard InChI is InChI=1S/C13H12ClN3O2S.ClH/c14-11(18)13(12(15)19)3-5-17-9(13)7-20-10(17)8-2-1-4-16-6-8;/h1-6,9-10H,7H2,(H2,15,19);1H. The molecule has 1 amide bonds. The number of amides is 1. The van der Waals surface area contributed by atoms with Gasteiger partial charge in [0.25, 0.3) is 0 Å². The highest BCUT2D eigenvalue weighted by molar-refractivity contribution is 7.99. The van der Waals surface area contributed by atoms with E-state index in [9.17, 15) is 9.59 Å². The van der Waals surface area contributed by atoms with Crippen molar-refractivity contribution in [2.24, 2.45) is 11.1 Å². The Morgan fingerprint density at radius 3 is 2.86 bits per heavy atom. The summed E-state index contributed by atoms with van der Waals surface area (Å²) in [6.07, 6.45) is 6.75. The molecule has 1 aromatic rings. The number of rotatable bonds is 3. The molecular weight excluding hydrogens is 333 g/mol. The maximum Gasteiger partial charge on any atom is 0.243 e. The molecule has 3 unspecified atom stereocenters. The Bertz CT molecular complexity index is 582. The minimum absolute atomic E-state index is 0. The predicted molar refractivity (Wildman–Crippen MR) is 83.9 cm³/mol. The molecule has 112 valence electrons.